The number of rotatable bonds is 9. The first kappa shape index (κ1) is 28.7. The minimum atomic E-state index is -0.570. The van der Waals surface area contributed by atoms with E-state index in [1.165, 1.54) is 6.07 Å². The van der Waals surface area contributed by atoms with Gasteiger partial charge < -0.3 is 24.2 Å². The summed E-state index contributed by atoms with van der Waals surface area (Å²) in [6, 6.07) is 12.3. The first-order chi connectivity index (χ1) is 18.6. The van der Waals surface area contributed by atoms with Crippen LogP contribution in [0, 0.1) is 5.82 Å². The van der Waals surface area contributed by atoms with Crippen molar-refractivity contribution >= 4 is 23.4 Å². The third-order valence-electron chi connectivity index (χ3n) is 7.47. The van der Waals surface area contributed by atoms with Crippen LogP contribution >= 0.6 is 0 Å². The van der Waals surface area contributed by atoms with Crippen LogP contribution < -0.4 is 14.5 Å². The Kier molecular flexibility index (Phi) is 9.03. The molecule has 1 heterocycles. The summed E-state index contributed by atoms with van der Waals surface area (Å²) in [5.41, 5.74) is 1.03. The van der Waals surface area contributed by atoms with Crippen LogP contribution in [0.2, 0.25) is 0 Å². The molecule has 214 valence electrons. The second kappa shape index (κ2) is 12.3. The molecule has 0 spiro atoms. The smallest absolute Gasteiger partial charge is 0.410 e. The van der Waals surface area contributed by atoms with E-state index in [0.717, 1.165) is 44.3 Å². The standard InChI is InChI=1S/C31H42FN3O4.H2/c1-6-7-19-38-26-14-11-22(12-15-26)29(36)35(23-9-8-10-23)24-13-16-28(27(32)20-24)34-18-17-25(21-34)33(5)30(37)39-31(2,3)4;/h11-16,20,23,25H,6-10,17-19,21H2,1-5H3;1H. The van der Waals surface area contributed by atoms with Gasteiger partial charge in [0.15, 0.2) is 0 Å². The Hall–Kier alpha value is -3.29. The summed E-state index contributed by atoms with van der Waals surface area (Å²) in [6.07, 6.45) is 5.25. The van der Waals surface area contributed by atoms with E-state index < -0.39 is 5.60 Å². The summed E-state index contributed by atoms with van der Waals surface area (Å²) in [5.74, 6) is 0.240. The van der Waals surface area contributed by atoms with Crippen molar-refractivity contribution in [3.05, 3.63) is 53.8 Å². The maximum absolute atomic E-state index is 15.5. The second-order valence-corrected chi connectivity index (χ2v) is 11.6. The van der Waals surface area contributed by atoms with Gasteiger partial charge in [-0.25, -0.2) is 9.18 Å². The predicted octanol–water partition coefficient (Wildman–Crippen LogP) is 6.90. The molecular formula is C31H44FN3O4. The Labute approximate surface area is 233 Å². The number of halogens is 1. The fourth-order valence-corrected chi connectivity index (χ4v) is 4.97. The molecule has 1 atom stereocenters. The van der Waals surface area contributed by atoms with Gasteiger partial charge in [0, 0.05) is 38.9 Å². The number of likely N-dealkylation sites (N-methyl/N-ethyl adjacent to an activating group) is 1. The number of carbonyl (C=O) groups excluding carboxylic acids is 2. The lowest BCUT2D eigenvalue weighted by atomic mass is 9.90. The molecule has 0 bridgehead atoms. The van der Waals surface area contributed by atoms with Gasteiger partial charge in [0.2, 0.25) is 0 Å². The van der Waals surface area contributed by atoms with Gasteiger partial charge in [-0.2, -0.15) is 0 Å². The zero-order valence-electron chi connectivity index (χ0n) is 23.9. The first-order valence-electron chi connectivity index (χ1n) is 14.1. The van der Waals surface area contributed by atoms with Crippen LogP contribution in [-0.4, -0.2) is 61.3 Å². The largest absolute Gasteiger partial charge is 0.494 e. The number of unbranched alkanes of at least 4 members (excludes halogenated alkanes) is 1. The fourth-order valence-electron chi connectivity index (χ4n) is 4.97. The van der Waals surface area contributed by atoms with Gasteiger partial charge in [0.05, 0.1) is 18.3 Å². The molecule has 2 aromatic carbocycles. The van der Waals surface area contributed by atoms with Crippen molar-refractivity contribution in [2.24, 2.45) is 0 Å². The third kappa shape index (κ3) is 7.02. The molecule has 2 aliphatic rings. The number of amides is 2. The highest BCUT2D eigenvalue weighted by atomic mass is 19.1. The molecule has 1 saturated heterocycles. The van der Waals surface area contributed by atoms with E-state index in [1.54, 1.807) is 35.0 Å². The van der Waals surface area contributed by atoms with E-state index in [9.17, 15) is 9.59 Å². The Balaban J connectivity index is 0.00000441. The number of hydrogen-bond acceptors (Lipinski definition) is 5. The molecule has 1 aliphatic heterocycles. The molecule has 1 saturated carbocycles. The van der Waals surface area contributed by atoms with Crippen LogP contribution in [0.1, 0.15) is 78.0 Å². The van der Waals surface area contributed by atoms with Crippen LogP contribution in [0.3, 0.4) is 0 Å². The zero-order valence-corrected chi connectivity index (χ0v) is 23.9. The Morgan fingerprint density at radius 2 is 1.79 bits per heavy atom. The van der Waals surface area contributed by atoms with E-state index in [-0.39, 0.29) is 31.3 Å². The van der Waals surface area contributed by atoms with E-state index in [0.29, 0.717) is 36.6 Å². The molecule has 39 heavy (non-hydrogen) atoms. The van der Waals surface area contributed by atoms with Crippen molar-refractivity contribution in [2.75, 3.05) is 36.5 Å². The molecule has 7 nitrogen and oxygen atoms in total. The number of nitrogens with zero attached hydrogens (tertiary/aromatic N) is 3. The highest BCUT2D eigenvalue weighted by Crippen LogP contribution is 2.35. The molecule has 0 N–H and O–H groups in total. The summed E-state index contributed by atoms with van der Waals surface area (Å²) < 4.78 is 26.7. The number of carbonyl (C=O) groups is 2. The highest BCUT2D eigenvalue weighted by molar-refractivity contribution is 6.06. The molecule has 2 amide bonds. The summed E-state index contributed by atoms with van der Waals surface area (Å²) in [6.45, 7) is 9.43. The van der Waals surface area contributed by atoms with Crippen LogP contribution in [0.15, 0.2) is 42.5 Å². The van der Waals surface area contributed by atoms with Crippen molar-refractivity contribution in [3.8, 4) is 5.75 Å². The minimum absolute atomic E-state index is 0. The first-order valence-corrected chi connectivity index (χ1v) is 14.1. The number of ether oxygens (including phenoxy) is 2. The quantitative estimate of drug-likeness (QED) is 0.323. The van der Waals surface area contributed by atoms with Crippen molar-refractivity contribution in [3.63, 3.8) is 0 Å². The molecule has 0 radical (unpaired) electrons. The SMILES string of the molecule is CCCCOc1ccc(C(=O)N(c2ccc(N3CCC(N(C)C(=O)OC(C)(C)C)C3)c(F)c2)C2CCC2)cc1.[HH]. The zero-order chi connectivity index (χ0) is 28.2. The van der Waals surface area contributed by atoms with Gasteiger partial charge >= 0.3 is 6.09 Å². The van der Waals surface area contributed by atoms with Crippen LogP contribution in [0.5, 0.6) is 5.75 Å². The highest BCUT2D eigenvalue weighted by Gasteiger charge is 2.34. The van der Waals surface area contributed by atoms with E-state index in [1.807, 2.05) is 43.9 Å². The van der Waals surface area contributed by atoms with Crippen molar-refractivity contribution in [1.82, 2.24) is 4.90 Å². The average molecular weight is 542 g/mol. The normalized spacial score (nSPS) is 17.5. The van der Waals surface area contributed by atoms with Crippen molar-refractivity contribution in [1.29, 1.82) is 0 Å². The van der Waals surface area contributed by atoms with Crippen molar-refractivity contribution < 1.29 is 24.9 Å². The van der Waals surface area contributed by atoms with Crippen LogP contribution in [-0.2, 0) is 4.74 Å². The number of hydrogen-bond donors (Lipinski definition) is 0. The van der Waals surface area contributed by atoms with Crippen LogP contribution in [0.4, 0.5) is 20.6 Å². The molecule has 1 unspecified atom stereocenters. The Morgan fingerprint density at radius 3 is 2.38 bits per heavy atom. The van der Waals surface area contributed by atoms with Crippen molar-refractivity contribution in [2.45, 2.75) is 83.9 Å². The van der Waals surface area contributed by atoms with Gasteiger partial charge in [-0.05, 0) is 95.3 Å². The summed E-state index contributed by atoms with van der Waals surface area (Å²) >= 11 is 0. The molecule has 0 aromatic heterocycles. The fraction of sp³-hybridized carbons (Fsp3) is 0.548. The van der Waals surface area contributed by atoms with E-state index in [4.69, 9.17) is 9.47 Å². The molecular weight excluding hydrogens is 497 g/mol. The molecule has 1 aliphatic carbocycles. The summed E-state index contributed by atoms with van der Waals surface area (Å²) in [5, 5.41) is 0. The topological polar surface area (TPSA) is 62.3 Å². The summed E-state index contributed by atoms with van der Waals surface area (Å²) in [7, 11) is 1.73. The Bertz CT molecular complexity index is 1150. The maximum atomic E-state index is 15.5. The molecule has 4 rings (SSSR count). The monoisotopic (exact) mass is 541 g/mol. The lowest BCUT2D eigenvalue weighted by Crippen LogP contribution is -2.44. The third-order valence-corrected chi connectivity index (χ3v) is 7.47. The Morgan fingerprint density at radius 1 is 1.08 bits per heavy atom. The number of benzene rings is 2. The van der Waals surface area contributed by atoms with Gasteiger partial charge in [-0.15, -0.1) is 0 Å². The summed E-state index contributed by atoms with van der Waals surface area (Å²) in [4.78, 5) is 31.4. The molecule has 2 fully saturated rings. The molecule has 2 aromatic rings. The minimum Gasteiger partial charge on any atom is -0.494 e. The van der Waals surface area contributed by atoms with Gasteiger partial charge in [0.1, 0.15) is 17.2 Å². The molecule has 8 heteroatoms. The van der Waals surface area contributed by atoms with Gasteiger partial charge in [-0.3, -0.25) is 4.79 Å². The predicted molar refractivity (Wildman–Crippen MR) is 154 cm³/mol. The van der Waals surface area contributed by atoms with Gasteiger partial charge in [0.25, 0.3) is 5.91 Å². The lowest BCUT2D eigenvalue weighted by Gasteiger charge is -2.38. The average Bonchev–Trinajstić information content (AvgIpc) is 3.34. The van der Waals surface area contributed by atoms with Crippen LogP contribution in [0.25, 0.3) is 0 Å². The van der Waals surface area contributed by atoms with E-state index in [2.05, 4.69) is 6.92 Å². The second-order valence-electron chi connectivity index (χ2n) is 11.6. The van der Waals surface area contributed by atoms with E-state index >= 15 is 4.39 Å². The number of anilines is 2. The maximum Gasteiger partial charge on any atom is 0.410 e. The lowest BCUT2D eigenvalue weighted by molar-refractivity contribution is 0.0237. The van der Waals surface area contributed by atoms with Gasteiger partial charge in [-0.1, -0.05) is 13.3 Å².